The minimum absolute atomic E-state index is 1.18. The summed E-state index contributed by atoms with van der Waals surface area (Å²) in [6.07, 6.45) is 0. The van der Waals surface area contributed by atoms with E-state index in [0.717, 1.165) is 0 Å². The van der Waals surface area contributed by atoms with E-state index in [1.807, 2.05) is 68.3 Å². The summed E-state index contributed by atoms with van der Waals surface area (Å²) in [5.74, 6) is 0. The summed E-state index contributed by atoms with van der Waals surface area (Å²) in [6.45, 7) is 0. The third-order valence-electron chi connectivity index (χ3n) is 9.40. The van der Waals surface area contributed by atoms with Crippen LogP contribution in [0.1, 0.15) is 0 Å². The van der Waals surface area contributed by atoms with Crippen molar-refractivity contribution in [2.45, 2.75) is 29.4 Å². The zero-order chi connectivity index (χ0) is 36.5. The molecule has 0 nitrogen and oxygen atoms in total. The molecule has 54 heavy (non-hydrogen) atoms. The fraction of sp³-hybridized carbons (Fsp3) is 0. The first kappa shape index (κ1) is 37.0. The van der Waals surface area contributed by atoms with Crippen molar-refractivity contribution in [1.29, 1.82) is 0 Å². The molecule has 7 aromatic rings. The van der Waals surface area contributed by atoms with Crippen molar-refractivity contribution in [3.05, 3.63) is 164 Å². The van der Waals surface area contributed by atoms with Crippen LogP contribution in [0.15, 0.2) is 193 Å². The molecular weight excluding hydrogens is 886 g/mol. The molecule has 0 atom stereocenters. The van der Waals surface area contributed by atoms with E-state index in [1.54, 1.807) is 0 Å². The molecule has 266 valence electrons. The molecule has 0 saturated heterocycles. The zero-order valence-electron chi connectivity index (χ0n) is 28.2. The van der Waals surface area contributed by atoms with Crippen LogP contribution in [0.2, 0.25) is 0 Å². The van der Waals surface area contributed by atoms with Gasteiger partial charge in [0.15, 0.2) is 0 Å². The first-order chi connectivity index (χ1) is 26.2. The predicted molar refractivity (Wildman–Crippen MR) is 262 cm³/mol. The second-order valence-corrected chi connectivity index (χ2v) is 47.2. The van der Waals surface area contributed by atoms with Gasteiger partial charge in [-0.2, -0.15) is 0 Å². The van der Waals surface area contributed by atoms with Gasteiger partial charge in [0.05, 0.1) is 0 Å². The maximum atomic E-state index is 6.48. The monoisotopic (exact) mass is 914 g/mol. The Morgan fingerprint density at radius 2 is 0.722 bits per heavy atom. The van der Waals surface area contributed by atoms with Gasteiger partial charge in [-0.15, -0.1) is 0 Å². The Kier molecular flexibility index (Phi) is 10.2. The van der Waals surface area contributed by atoms with Gasteiger partial charge in [0.2, 0.25) is 0 Å². The van der Waals surface area contributed by atoms with E-state index in [9.17, 15) is 0 Å². The second-order valence-electron chi connectivity index (χ2n) is 13.0. The van der Waals surface area contributed by atoms with E-state index in [0.29, 0.717) is 0 Å². The molecule has 0 saturated carbocycles. The number of fused-ring (bicyclic) bond motifs is 3. The quantitative estimate of drug-likeness (QED) is 0.128. The minimum atomic E-state index is -2.20. The van der Waals surface area contributed by atoms with Gasteiger partial charge in [0.25, 0.3) is 0 Å². The van der Waals surface area contributed by atoms with E-state index in [2.05, 4.69) is 164 Å². The summed E-state index contributed by atoms with van der Waals surface area (Å²) >= 11 is 29.8. The Morgan fingerprint density at radius 1 is 0.370 bits per heavy atom. The van der Waals surface area contributed by atoms with E-state index in [1.165, 1.54) is 78.7 Å². The van der Waals surface area contributed by atoms with Crippen LogP contribution in [-0.4, -0.2) is 0 Å². The van der Waals surface area contributed by atoms with Crippen LogP contribution in [-0.2, 0) is 23.6 Å². The third-order valence-corrected chi connectivity index (χ3v) is 40.2. The molecule has 0 aliphatic carbocycles. The Labute approximate surface area is 356 Å². The Balaban J connectivity index is 1.07. The molecule has 7 aromatic carbocycles. The molecule has 12 heteroatoms. The number of benzene rings is 7. The van der Waals surface area contributed by atoms with Gasteiger partial charge >= 0.3 is 312 Å². The van der Waals surface area contributed by atoms with Gasteiger partial charge in [-0.25, -0.2) is 0 Å². The van der Waals surface area contributed by atoms with Crippen LogP contribution < -0.4 is 15.9 Å². The number of hydrogen-bond donors (Lipinski definition) is 1. The van der Waals surface area contributed by atoms with Crippen molar-refractivity contribution >= 4 is 134 Å². The molecule has 0 spiro atoms. The second kappa shape index (κ2) is 14.8. The van der Waals surface area contributed by atoms with Crippen molar-refractivity contribution in [2.75, 3.05) is 0 Å². The van der Waals surface area contributed by atoms with E-state index >= 15 is 0 Å². The van der Waals surface area contributed by atoms with E-state index < -0.39 is 13.8 Å². The third kappa shape index (κ3) is 7.01. The fourth-order valence-electron chi connectivity index (χ4n) is 6.76. The standard InChI is InChI=1S/C42H29P3S9/c46-43(49-37-16-1-2-17-38(37)50-43)34-13-7-10-28(25-34)31-22-32(29-11-8-14-35(26-29)44(47)51-39-18-3-4-19-40(39)52-44)24-33(23-31)30-12-9-15-36(27-30)45(48)53-41-20-5-6-21-42(41)54-45/h1-27,43,46H. The summed E-state index contributed by atoms with van der Waals surface area (Å²) in [5, 5.41) is 3.83. The normalized spacial score (nSPS) is 17.7. The average Bonchev–Trinajstić information content (AvgIpc) is 3.88. The summed E-state index contributed by atoms with van der Waals surface area (Å²) in [5.41, 5.74) is 7.13. The van der Waals surface area contributed by atoms with E-state index in [4.69, 9.17) is 35.9 Å². The number of thiol groups is 1. The van der Waals surface area contributed by atoms with Gasteiger partial charge in [-0.05, 0) is 24.3 Å². The molecule has 0 amide bonds. The molecule has 0 N–H and O–H groups in total. The van der Waals surface area contributed by atoms with Crippen LogP contribution in [0.3, 0.4) is 0 Å². The molecule has 0 fully saturated rings. The van der Waals surface area contributed by atoms with Crippen LogP contribution in [0, 0.1) is 0 Å². The molecule has 3 heterocycles. The molecule has 0 unspecified atom stereocenters. The van der Waals surface area contributed by atoms with E-state index in [-0.39, 0.29) is 0 Å². The van der Waals surface area contributed by atoms with Crippen molar-refractivity contribution in [3.63, 3.8) is 0 Å². The first-order valence-electron chi connectivity index (χ1n) is 17.1. The van der Waals surface area contributed by atoms with Crippen molar-refractivity contribution < 1.29 is 0 Å². The van der Waals surface area contributed by atoms with Crippen LogP contribution in [0.5, 0.6) is 0 Å². The molecule has 0 radical (unpaired) electrons. The zero-order valence-corrected chi connectivity index (χ0v) is 38.4. The summed E-state index contributed by atoms with van der Waals surface area (Å²) in [4.78, 5) is 5.69. The van der Waals surface area contributed by atoms with Crippen LogP contribution in [0.4, 0.5) is 0 Å². The SMILES string of the molecule is S=P1(c2cccc(-c3cc(-c4cccc(P5(=S)Sc6ccccc6S5)c4)cc(-c4cccc([PH]5(S)Sc6ccccc6S5)c4)c3)c2)Sc2ccccc2S1. The van der Waals surface area contributed by atoms with Gasteiger partial charge in [-0.1, -0.05) is 24.3 Å². The van der Waals surface area contributed by atoms with Gasteiger partial charge in [-0.3, -0.25) is 0 Å². The summed E-state index contributed by atoms with van der Waals surface area (Å²) < 4.78 is -3.90. The van der Waals surface area contributed by atoms with Crippen LogP contribution >= 0.6 is 94.3 Å². The fourth-order valence-corrected chi connectivity index (χ4v) is 38.3. The van der Waals surface area contributed by atoms with Crippen molar-refractivity contribution in [1.82, 2.24) is 0 Å². The van der Waals surface area contributed by atoms with Crippen molar-refractivity contribution in [3.8, 4) is 33.4 Å². The van der Waals surface area contributed by atoms with Gasteiger partial charge in [0, 0.05) is 0 Å². The molecule has 3 aliphatic rings. The molecule has 0 bridgehead atoms. The Bertz CT molecular complexity index is 2540. The number of rotatable bonds is 6. The maximum absolute atomic E-state index is 6.48. The number of hydrogen-bond acceptors (Lipinski definition) is 9. The molecule has 10 rings (SSSR count). The van der Waals surface area contributed by atoms with Crippen LogP contribution in [0.25, 0.3) is 33.4 Å². The van der Waals surface area contributed by atoms with Crippen molar-refractivity contribution in [2.24, 2.45) is 0 Å². The topological polar surface area (TPSA) is 0 Å². The van der Waals surface area contributed by atoms with Gasteiger partial charge in [0.1, 0.15) is 0 Å². The summed E-state index contributed by atoms with van der Waals surface area (Å²) in [7, 11) is 0. The molecule has 3 aliphatic heterocycles. The summed E-state index contributed by atoms with van der Waals surface area (Å²) in [6, 6.07) is 60.3. The molecule has 0 aromatic heterocycles. The predicted octanol–water partition coefficient (Wildman–Crippen LogP) is 15.3. The average molecular weight is 915 g/mol. The first-order valence-corrected chi connectivity index (χ1v) is 34.7. The Hall–Kier alpha value is -1.28. The Morgan fingerprint density at radius 3 is 1.13 bits per heavy atom. The van der Waals surface area contributed by atoms with Gasteiger partial charge < -0.3 is 0 Å². The molecular formula is C42H29P3S9.